The van der Waals surface area contributed by atoms with Gasteiger partial charge in [-0.3, -0.25) is 9.59 Å². The van der Waals surface area contributed by atoms with E-state index in [-0.39, 0.29) is 24.4 Å². The molecule has 11 heteroatoms. The van der Waals surface area contributed by atoms with E-state index >= 15 is 0 Å². The van der Waals surface area contributed by atoms with E-state index in [4.69, 9.17) is 16.6 Å². The molecule has 1 amide bonds. The average molecular weight is 452 g/mol. The molecular weight excluding hydrogens is 428 g/mol. The molecule has 0 aliphatic carbocycles. The molecule has 3 aromatic rings. The van der Waals surface area contributed by atoms with Crippen molar-refractivity contribution in [1.29, 1.82) is 0 Å². The van der Waals surface area contributed by atoms with Gasteiger partial charge in [-0.25, -0.2) is 9.78 Å². The predicted octanol–water partition coefficient (Wildman–Crippen LogP) is 1.76. The Hall–Kier alpha value is -4.41. The van der Waals surface area contributed by atoms with Gasteiger partial charge in [-0.1, -0.05) is 6.07 Å². The van der Waals surface area contributed by atoms with Crippen LogP contribution in [0.2, 0.25) is 0 Å². The van der Waals surface area contributed by atoms with E-state index < -0.39 is 23.9 Å². The fraction of sp³-hybridized carbons (Fsp3) is 0.227. The van der Waals surface area contributed by atoms with E-state index in [0.29, 0.717) is 17.9 Å². The van der Waals surface area contributed by atoms with E-state index in [9.17, 15) is 19.5 Å². The zero-order chi connectivity index (χ0) is 24.1. The van der Waals surface area contributed by atoms with Crippen molar-refractivity contribution < 1.29 is 24.6 Å². The lowest BCUT2D eigenvalue weighted by atomic mass is 10.0. The predicted molar refractivity (Wildman–Crippen MR) is 123 cm³/mol. The van der Waals surface area contributed by atoms with Gasteiger partial charge in [0.15, 0.2) is 0 Å². The summed E-state index contributed by atoms with van der Waals surface area (Å²) in [5.41, 5.74) is 15.2. The minimum atomic E-state index is -1.29. The van der Waals surface area contributed by atoms with Crippen LogP contribution in [0.4, 0.5) is 17.5 Å². The second kappa shape index (κ2) is 9.81. The number of aliphatic carboxylic acids is 2. The molecule has 0 fully saturated rings. The van der Waals surface area contributed by atoms with Crippen LogP contribution in [0.3, 0.4) is 0 Å². The first-order valence-corrected chi connectivity index (χ1v) is 10.1. The van der Waals surface area contributed by atoms with Crippen LogP contribution >= 0.6 is 0 Å². The number of nitrogens with two attached hydrogens (primary N) is 2. The van der Waals surface area contributed by atoms with Crippen molar-refractivity contribution in [3.8, 4) is 0 Å². The van der Waals surface area contributed by atoms with Gasteiger partial charge in [0, 0.05) is 29.6 Å². The van der Waals surface area contributed by atoms with Gasteiger partial charge in [-0.15, -0.1) is 0 Å². The number of hydrogen-bond donors (Lipinski definition) is 6. The number of hydrogen-bond acceptors (Lipinski definition) is 8. The summed E-state index contributed by atoms with van der Waals surface area (Å²) in [5.74, 6) is -2.59. The number of fused-ring (bicyclic) bond motifs is 1. The van der Waals surface area contributed by atoms with Crippen LogP contribution < -0.4 is 22.1 Å². The first kappa shape index (κ1) is 23.3. The van der Waals surface area contributed by atoms with Gasteiger partial charge in [0.2, 0.25) is 5.95 Å². The summed E-state index contributed by atoms with van der Waals surface area (Å²) in [4.78, 5) is 42.5. The first-order valence-electron chi connectivity index (χ1n) is 10.1. The van der Waals surface area contributed by atoms with E-state index in [1.54, 1.807) is 24.3 Å². The molecule has 172 valence electrons. The maximum atomic E-state index is 12.3. The van der Waals surface area contributed by atoms with Crippen molar-refractivity contribution in [1.82, 2.24) is 15.3 Å². The van der Waals surface area contributed by atoms with Gasteiger partial charge in [-0.05, 0) is 54.8 Å². The Balaban J connectivity index is 1.66. The lowest BCUT2D eigenvalue weighted by molar-refractivity contribution is -0.140. The van der Waals surface area contributed by atoms with E-state index in [1.165, 1.54) is 0 Å². The molecule has 2 aromatic carbocycles. The van der Waals surface area contributed by atoms with Crippen LogP contribution in [0.5, 0.6) is 0 Å². The number of nitrogen functional groups attached to an aromatic ring is 2. The molecule has 0 unspecified atom stereocenters. The van der Waals surface area contributed by atoms with E-state index in [2.05, 4.69) is 20.6 Å². The minimum absolute atomic E-state index is 0.117. The lowest BCUT2D eigenvalue weighted by Crippen LogP contribution is -2.41. The molecular formula is C22H24N6O5. The van der Waals surface area contributed by atoms with E-state index in [1.807, 2.05) is 19.1 Å². The van der Waals surface area contributed by atoms with Crippen molar-refractivity contribution in [3.05, 3.63) is 53.1 Å². The SMILES string of the molecule is Cc1c(CNc2ccc(C(=O)N[C@@H](CCC(=O)O)C(=O)O)cc2)ccc2nc(N)nc(N)c12. The molecule has 0 aliphatic heterocycles. The Kier molecular flexibility index (Phi) is 6.91. The van der Waals surface area contributed by atoms with Crippen LogP contribution in [0.15, 0.2) is 36.4 Å². The number of amides is 1. The zero-order valence-corrected chi connectivity index (χ0v) is 17.8. The fourth-order valence-corrected chi connectivity index (χ4v) is 3.38. The maximum Gasteiger partial charge on any atom is 0.326 e. The fourth-order valence-electron chi connectivity index (χ4n) is 3.38. The lowest BCUT2D eigenvalue weighted by Gasteiger charge is -2.14. The molecule has 0 spiro atoms. The highest BCUT2D eigenvalue weighted by molar-refractivity contribution is 5.97. The summed E-state index contributed by atoms with van der Waals surface area (Å²) in [7, 11) is 0. The number of carboxylic acids is 2. The number of carbonyl (C=O) groups excluding carboxylic acids is 1. The molecule has 1 heterocycles. The highest BCUT2D eigenvalue weighted by Crippen LogP contribution is 2.26. The largest absolute Gasteiger partial charge is 0.481 e. The second-order valence-electron chi connectivity index (χ2n) is 7.44. The number of rotatable bonds is 9. The molecule has 0 saturated heterocycles. The van der Waals surface area contributed by atoms with Gasteiger partial charge in [0.1, 0.15) is 11.9 Å². The summed E-state index contributed by atoms with van der Waals surface area (Å²) in [6.07, 6.45) is -0.567. The van der Waals surface area contributed by atoms with Crippen molar-refractivity contribution in [2.45, 2.75) is 32.4 Å². The number of anilines is 3. The summed E-state index contributed by atoms with van der Waals surface area (Å²) >= 11 is 0. The normalized spacial score (nSPS) is 11.7. The number of carboxylic acid groups (broad SMARTS) is 2. The number of nitrogens with one attached hydrogen (secondary N) is 2. The molecule has 1 aromatic heterocycles. The van der Waals surface area contributed by atoms with Crippen LogP contribution in [-0.2, 0) is 16.1 Å². The molecule has 0 aliphatic rings. The third-order valence-electron chi connectivity index (χ3n) is 5.16. The standard InChI is InChI=1S/C22H24N6O5/c1-11-13(4-7-15-18(11)19(23)28-22(24)27-15)10-25-14-5-2-12(3-6-14)20(31)26-16(21(32)33)8-9-17(29)30/h2-7,16,25H,8-10H2,1H3,(H,26,31)(H,29,30)(H,32,33)(H4,23,24,27,28)/t16-/m0/s1. The van der Waals surface area contributed by atoms with Crippen LogP contribution in [-0.4, -0.2) is 44.1 Å². The Labute approximate surface area is 188 Å². The molecule has 0 bridgehead atoms. The number of aromatic nitrogens is 2. The van der Waals surface area contributed by atoms with Gasteiger partial charge in [-0.2, -0.15) is 4.98 Å². The van der Waals surface area contributed by atoms with Crippen molar-refractivity contribution in [3.63, 3.8) is 0 Å². The smallest absolute Gasteiger partial charge is 0.326 e. The number of carbonyl (C=O) groups is 3. The quantitative estimate of drug-likeness (QED) is 0.278. The van der Waals surface area contributed by atoms with Crippen molar-refractivity contribution >= 4 is 46.2 Å². The highest BCUT2D eigenvalue weighted by atomic mass is 16.4. The topological polar surface area (TPSA) is 194 Å². The third-order valence-corrected chi connectivity index (χ3v) is 5.16. The monoisotopic (exact) mass is 452 g/mol. The van der Waals surface area contributed by atoms with Gasteiger partial charge in [0.25, 0.3) is 5.91 Å². The summed E-state index contributed by atoms with van der Waals surface area (Å²) in [6.45, 7) is 2.40. The Bertz CT molecular complexity index is 1210. The van der Waals surface area contributed by atoms with Crippen molar-refractivity contribution in [2.24, 2.45) is 0 Å². The number of nitrogens with zero attached hydrogens (tertiary/aromatic N) is 2. The minimum Gasteiger partial charge on any atom is -0.481 e. The van der Waals surface area contributed by atoms with Gasteiger partial charge >= 0.3 is 11.9 Å². The Morgan fingerprint density at radius 1 is 1.03 bits per heavy atom. The molecule has 0 radical (unpaired) electrons. The molecule has 33 heavy (non-hydrogen) atoms. The average Bonchev–Trinajstić information content (AvgIpc) is 2.75. The second-order valence-corrected chi connectivity index (χ2v) is 7.44. The van der Waals surface area contributed by atoms with Crippen molar-refractivity contribution in [2.75, 3.05) is 16.8 Å². The molecule has 0 saturated carbocycles. The van der Waals surface area contributed by atoms with Gasteiger partial charge in [0.05, 0.1) is 5.52 Å². The highest BCUT2D eigenvalue weighted by Gasteiger charge is 2.21. The Morgan fingerprint density at radius 2 is 1.73 bits per heavy atom. The Morgan fingerprint density at radius 3 is 2.36 bits per heavy atom. The molecule has 11 nitrogen and oxygen atoms in total. The molecule has 8 N–H and O–H groups in total. The summed E-state index contributed by atoms with van der Waals surface area (Å²) in [6, 6.07) is 8.94. The van der Waals surface area contributed by atoms with Crippen LogP contribution in [0.1, 0.15) is 34.3 Å². The molecule has 3 rings (SSSR count). The summed E-state index contributed by atoms with van der Waals surface area (Å²) in [5, 5.41) is 24.3. The zero-order valence-electron chi connectivity index (χ0n) is 17.8. The third kappa shape index (κ3) is 5.64. The maximum absolute atomic E-state index is 12.3. The van der Waals surface area contributed by atoms with Crippen LogP contribution in [0.25, 0.3) is 10.9 Å². The number of benzene rings is 2. The molecule has 1 atom stereocenters. The first-order chi connectivity index (χ1) is 15.7. The van der Waals surface area contributed by atoms with E-state index in [0.717, 1.165) is 22.2 Å². The van der Waals surface area contributed by atoms with Crippen LogP contribution in [0, 0.1) is 6.92 Å². The van der Waals surface area contributed by atoms with Gasteiger partial charge < -0.3 is 32.3 Å². The summed E-state index contributed by atoms with van der Waals surface area (Å²) < 4.78 is 0. The number of aryl methyl sites for hydroxylation is 1.